The highest BCUT2D eigenvalue weighted by molar-refractivity contribution is 7.12. The van der Waals surface area contributed by atoms with Crippen LogP contribution in [0.1, 0.15) is 50.7 Å². The molecule has 2 atom stereocenters. The highest BCUT2D eigenvalue weighted by Gasteiger charge is 2.38. The molecule has 3 aliphatic heterocycles. The topological polar surface area (TPSA) is 115 Å². The van der Waals surface area contributed by atoms with E-state index in [2.05, 4.69) is 4.90 Å². The van der Waals surface area contributed by atoms with Crippen LogP contribution in [0.2, 0.25) is 10.0 Å². The summed E-state index contributed by atoms with van der Waals surface area (Å²) in [6, 6.07) is 11.1. The second kappa shape index (κ2) is 14.8. The number of halogens is 3. The number of carboxylic acids is 1. The minimum Gasteiger partial charge on any atom is -0.544 e. The Hall–Kier alpha value is -4.10. The quantitative estimate of drug-likeness (QED) is 0.154. The van der Waals surface area contributed by atoms with Gasteiger partial charge in [-0.15, -0.1) is 11.3 Å². The number of aromatic nitrogens is 1. The lowest BCUT2D eigenvalue weighted by Crippen LogP contribution is -2.53. The third kappa shape index (κ3) is 7.28. The molecule has 3 fully saturated rings. The van der Waals surface area contributed by atoms with Crippen molar-refractivity contribution >= 4 is 52.3 Å². The highest BCUT2D eigenvalue weighted by atomic mass is 35.5. The third-order valence-corrected chi connectivity index (χ3v) is 10.9. The van der Waals surface area contributed by atoms with Crippen molar-refractivity contribution in [1.82, 2.24) is 4.90 Å². The predicted molar refractivity (Wildman–Crippen MR) is 180 cm³/mol. The summed E-state index contributed by atoms with van der Waals surface area (Å²) in [7, 11) is 2.98. The maximum absolute atomic E-state index is 15.4. The molecule has 2 bridgehead atoms. The number of benzene rings is 2. The Labute approximate surface area is 296 Å². The number of methoxy groups -OCH3 is 2. The zero-order valence-electron chi connectivity index (χ0n) is 26.7. The van der Waals surface area contributed by atoms with Gasteiger partial charge in [0, 0.05) is 22.8 Å². The molecule has 4 aromatic rings. The minimum atomic E-state index is -1.43. The van der Waals surface area contributed by atoms with Gasteiger partial charge in [-0.05, 0) is 84.6 Å². The van der Waals surface area contributed by atoms with Crippen molar-refractivity contribution in [2.75, 3.05) is 38.8 Å². The first-order valence-corrected chi connectivity index (χ1v) is 17.3. The molecule has 3 aliphatic rings. The first-order chi connectivity index (χ1) is 23.6. The number of amides is 1. The number of thiophene rings is 1. The van der Waals surface area contributed by atoms with E-state index in [1.165, 1.54) is 49.7 Å². The Morgan fingerprint density at radius 2 is 1.80 bits per heavy atom. The highest BCUT2D eigenvalue weighted by Crippen LogP contribution is 2.42. The lowest BCUT2D eigenvalue weighted by Gasteiger charge is -2.44. The Kier molecular flexibility index (Phi) is 10.5. The molecule has 7 rings (SSSR count). The Morgan fingerprint density at radius 1 is 1.10 bits per heavy atom. The number of pyridine rings is 1. The van der Waals surface area contributed by atoms with Gasteiger partial charge in [-0.3, -0.25) is 15.0 Å². The lowest BCUT2D eigenvalue weighted by molar-refractivity contribution is -0.904. The van der Waals surface area contributed by atoms with Crippen molar-refractivity contribution in [2.24, 2.45) is 5.92 Å². The molecule has 0 saturated carbocycles. The molecule has 49 heavy (non-hydrogen) atoms. The largest absolute Gasteiger partial charge is 0.544 e. The molecule has 1 amide bonds. The first kappa shape index (κ1) is 34.8. The van der Waals surface area contributed by atoms with Crippen LogP contribution in [0.15, 0.2) is 60.2 Å². The molecule has 14 heteroatoms. The van der Waals surface area contributed by atoms with E-state index in [0.29, 0.717) is 40.3 Å². The van der Waals surface area contributed by atoms with Crippen LogP contribution in [-0.2, 0) is 17.7 Å². The molecular weight excluding hydrogens is 696 g/mol. The van der Waals surface area contributed by atoms with Gasteiger partial charge in [0.15, 0.2) is 11.5 Å². The van der Waals surface area contributed by atoms with Gasteiger partial charge in [0.1, 0.15) is 22.0 Å². The maximum atomic E-state index is 15.4. The standard InChI is InChI=1S/C35H34Cl2FN3O7S/c1-46-29-8-7-21(13-30(29)47-2)23(14-24-25(36)16-40(45)17-26(24)37)32-22(19-49-33(32)34(42)43)15-41(28-6-4-3-5-27(28)38)35(44)48-31-18-39-11-9-20(31)10-12-39/h3-8,13,16-17,19-20,23,31H,9-12,14-15,18H2,1-2H3,(H-,42,43,45)/t23-,31-/m0/s1. The molecule has 0 unspecified atom stereocenters. The summed E-state index contributed by atoms with van der Waals surface area (Å²) in [5.74, 6) is -1.76. The number of para-hydroxylation sites is 1. The summed E-state index contributed by atoms with van der Waals surface area (Å²) in [6.07, 6.45) is 3.35. The number of piperidine rings is 3. The van der Waals surface area contributed by atoms with Crippen LogP contribution in [0.3, 0.4) is 0 Å². The van der Waals surface area contributed by atoms with Crippen molar-refractivity contribution in [3.63, 3.8) is 0 Å². The molecular formula is C35H34Cl2FN3O7S. The van der Waals surface area contributed by atoms with Crippen LogP contribution >= 0.6 is 34.5 Å². The van der Waals surface area contributed by atoms with E-state index in [1.807, 2.05) is 0 Å². The Morgan fingerprint density at radius 3 is 2.41 bits per heavy atom. The average molecular weight is 731 g/mol. The number of anilines is 1. The van der Waals surface area contributed by atoms with E-state index in [0.717, 1.165) is 42.0 Å². The molecule has 2 aromatic heterocycles. The summed E-state index contributed by atoms with van der Waals surface area (Å²) >= 11 is 14.1. The number of aromatic carboxylic acids is 1. The van der Waals surface area contributed by atoms with Crippen molar-refractivity contribution in [2.45, 2.75) is 37.8 Å². The van der Waals surface area contributed by atoms with Gasteiger partial charge < -0.3 is 24.1 Å². The number of carbonyl (C=O) groups excluding carboxylic acids is 2. The van der Waals surface area contributed by atoms with Crippen molar-refractivity contribution in [1.29, 1.82) is 0 Å². The van der Waals surface area contributed by atoms with Crippen LogP contribution in [0.4, 0.5) is 14.9 Å². The molecule has 2 aromatic carbocycles. The number of carbonyl (C=O) groups is 2. The summed E-state index contributed by atoms with van der Waals surface area (Å²) < 4.78 is 33.2. The molecule has 0 radical (unpaired) electrons. The Bertz CT molecular complexity index is 1840. The number of hydrogen-bond donors (Lipinski definition) is 1. The molecule has 0 aliphatic carbocycles. The normalized spacial score (nSPS) is 18.9. The SMILES string of the molecule is COc1ccc([C@H](Cc2c(Cl)c[n+](O)cc2Cl)c2c(CN(C(=O)O[C@H]3CN4CCC3CC4)c3ccccc3F)csc2C(=O)[O-])cc1OC. The van der Waals surface area contributed by atoms with E-state index in [9.17, 15) is 19.9 Å². The predicted octanol–water partition coefficient (Wildman–Crippen LogP) is 5.71. The number of rotatable bonds is 11. The van der Waals surface area contributed by atoms with Gasteiger partial charge in [-0.2, -0.15) is 0 Å². The fraction of sp³-hybridized carbons (Fsp3) is 0.343. The van der Waals surface area contributed by atoms with E-state index < -0.39 is 23.8 Å². The number of hydrogen-bond acceptors (Lipinski definition) is 9. The number of nitrogens with zero attached hydrogens (tertiary/aromatic N) is 3. The summed E-state index contributed by atoms with van der Waals surface area (Å²) in [5, 5.41) is 24.6. The summed E-state index contributed by atoms with van der Waals surface area (Å²) in [5.41, 5.74) is 1.79. The van der Waals surface area contributed by atoms with Crippen molar-refractivity contribution in [3.8, 4) is 11.5 Å². The van der Waals surface area contributed by atoms with Crippen LogP contribution in [-0.4, -0.2) is 62.1 Å². The zero-order chi connectivity index (χ0) is 34.8. The van der Waals surface area contributed by atoms with Gasteiger partial charge >= 0.3 is 6.09 Å². The summed E-state index contributed by atoms with van der Waals surface area (Å²) in [6.45, 7) is 2.29. The van der Waals surface area contributed by atoms with Crippen molar-refractivity contribution < 1.29 is 43.2 Å². The van der Waals surface area contributed by atoms with E-state index in [-0.39, 0.29) is 45.6 Å². The Balaban J connectivity index is 1.46. The number of fused-ring (bicyclic) bond motifs is 3. The fourth-order valence-electron chi connectivity index (χ4n) is 6.79. The average Bonchev–Trinajstić information content (AvgIpc) is 3.51. The molecule has 1 N–H and O–H groups in total. The van der Waals surface area contributed by atoms with Crippen molar-refractivity contribution in [3.05, 3.63) is 103 Å². The van der Waals surface area contributed by atoms with Gasteiger partial charge in [-0.1, -0.05) is 41.4 Å². The summed E-state index contributed by atoms with van der Waals surface area (Å²) in [4.78, 5) is 30.1. The molecule has 0 spiro atoms. The monoisotopic (exact) mass is 729 g/mol. The van der Waals surface area contributed by atoms with E-state index >= 15 is 4.39 Å². The fourth-order valence-corrected chi connectivity index (χ4v) is 8.35. The maximum Gasteiger partial charge on any atom is 0.415 e. The van der Waals surface area contributed by atoms with Crippen LogP contribution < -0.4 is 24.2 Å². The molecule has 3 saturated heterocycles. The second-order valence-electron chi connectivity index (χ2n) is 12.1. The van der Waals surface area contributed by atoms with Gasteiger partial charge in [0.05, 0.1) is 37.3 Å². The number of carboxylic acid groups (broad SMARTS) is 1. The van der Waals surface area contributed by atoms with E-state index in [1.54, 1.807) is 29.6 Å². The smallest absolute Gasteiger partial charge is 0.415 e. The number of ether oxygens (including phenoxy) is 3. The van der Waals surface area contributed by atoms with Gasteiger partial charge in [0.25, 0.3) is 0 Å². The van der Waals surface area contributed by atoms with Crippen LogP contribution in [0.5, 0.6) is 11.5 Å². The molecule has 258 valence electrons. The van der Waals surface area contributed by atoms with Gasteiger partial charge in [-0.25, -0.2) is 9.18 Å². The first-order valence-electron chi connectivity index (χ1n) is 15.6. The van der Waals surface area contributed by atoms with E-state index in [4.69, 9.17) is 37.4 Å². The third-order valence-electron chi connectivity index (χ3n) is 9.27. The van der Waals surface area contributed by atoms with Gasteiger partial charge in [0.2, 0.25) is 12.4 Å². The minimum absolute atomic E-state index is 0.00904. The lowest BCUT2D eigenvalue weighted by atomic mass is 9.83. The molecule has 10 nitrogen and oxygen atoms in total. The molecule has 5 heterocycles. The van der Waals surface area contributed by atoms with Crippen LogP contribution in [0, 0.1) is 11.7 Å². The zero-order valence-corrected chi connectivity index (χ0v) is 29.1. The van der Waals surface area contributed by atoms with Crippen LogP contribution in [0.25, 0.3) is 0 Å². The second-order valence-corrected chi connectivity index (χ2v) is 13.8.